The maximum Gasteiger partial charge on any atom is 0.338 e. The van der Waals surface area contributed by atoms with E-state index < -0.39 is 16.0 Å². The predicted octanol–water partition coefficient (Wildman–Crippen LogP) is 1.59. The summed E-state index contributed by atoms with van der Waals surface area (Å²) in [6, 6.07) is 9.19. The number of sulfonamides is 1. The molecule has 1 fully saturated rings. The van der Waals surface area contributed by atoms with Gasteiger partial charge in [-0.1, -0.05) is 6.07 Å². The number of ether oxygens (including phenoxy) is 1. The van der Waals surface area contributed by atoms with Crippen LogP contribution in [0.25, 0.3) is 0 Å². The summed E-state index contributed by atoms with van der Waals surface area (Å²) in [5.41, 5.74) is 1.17. The quantitative estimate of drug-likeness (QED) is 0.799. The minimum Gasteiger partial charge on any atom is -0.462 e. The Balaban J connectivity index is 1.89. The number of rotatable bonds is 5. The standard InChI is InChI=1S/C18H21N3O4S/c1-2-25-18(22)14-5-7-16(8-6-14)26(23,24)21-11-10-20-13-17(21)15-4-3-9-19-12-15/h3-9,12,17,20H,2,10-11,13H2,1H3. The maximum atomic E-state index is 13.1. The van der Waals surface area contributed by atoms with Gasteiger partial charge in [0.2, 0.25) is 10.0 Å². The summed E-state index contributed by atoms with van der Waals surface area (Å²) < 4.78 is 32.7. The van der Waals surface area contributed by atoms with Crippen LogP contribution in [0.3, 0.4) is 0 Å². The van der Waals surface area contributed by atoms with Gasteiger partial charge in [0.15, 0.2) is 0 Å². The van der Waals surface area contributed by atoms with Crippen LogP contribution in [-0.4, -0.2) is 49.9 Å². The molecule has 1 aromatic heterocycles. The van der Waals surface area contributed by atoms with Gasteiger partial charge in [0.05, 0.1) is 23.1 Å². The summed E-state index contributed by atoms with van der Waals surface area (Å²) in [4.78, 5) is 16.0. The molecule has 2 heterocycles. The molecule has 1 N–H and O–H groups in total. The van der Waals surface area contributed by atoms with Crippen molar-refractivity contribution in [2.45, 2.75) is 17.9 Å². The van der Waals surface area contributed by atoms with Crippen LogP contribution < -0.4 is 5.32 Å². The number of hydrogen-bond donors (Lipinski definition) is 1. The fourth-order valence-electron chi connectivity index (χ4n) is 2.94. The topological polar surface area (TPSA) is 88.6 Å². The van der Waals surface area contributed by atoms with Gasteiger partial charge in [-0.15, -0.1) is 0 Å². The fourth-order valence-corrected chi connectivity index (χ4v) is 4.56. The highest BCUT2D eigenvalue weighted by molar-refractivity contribution is 7.89. The van der Waals surface area contributed by atoms with Crippen LogP contribution in [0.4, 0.5) is 0 Å². The van der Waals surface area contributed by atoms with E-state index in [0.29, 0.717) is 25.2 Å². The second kappa shape index (κ2) is 7.94. The zero-order chi connectivity index (χ0) is 18.6. The minimum absolute atomic E-state index is 0.154. The summed E-state index contributed by atoms with van der Waals surface area (Å²) in [5, 5.41) is 3.23. The van der Waals surface area contributed by atoms with Crippen molar-refractivity contribution in [3.63, 3.8) is 0 Å². The largest absolute Gasteiger partial charge is 0.462 e. The Kier molecular flexibility index (Phi) is 5.65. The smallest absolute Gasteiger partial charge is 0.338 e. The first-order valence-electron chi connectivity index (χ1n) is 8.43. The summed E-state index contributed by atoms with van der Waals surface area (Å²) in [6.07, 6.45) is 3.34. The third-order valence-corrected chi connectivity index (χ3v) is 6.16. The van der Waals surface area contributed by atoms with E-state index in [1.54, 1.807) is 25.4 Å². The number of esters is 1. The SMILES string of the molecule is CCOC(=O)c1ccc(S(=O)(=O)N2CCNCC2c2cccnc2)cc1. The molecule has 1 aromatic carbocycles. The predicted molar refractivity (Wildman–Crippen MR) is 96.1 cm³/mol. The second-order valence-corrected chi connectivity index (χ2v) is 7.76. The Labute approximate surface area is 153 Å². The van der Waals surface area contributed by atoms with Gasteiger partial charge in [-0.05, 0) is 42.8 Å². The van der Waals surface area contributed by atoms with E-state index in [9.17, 15) is 13.2 Å². The lowest BCUT2D eigenvalue weighted by Crippen LogP contribution is -2.48. The number of carbonyl (C=O) groups is 1. The van der Waals surface area contributed by atoms with E-state index >= 15 is 0 Å². The van der Waals surface area contributed by atoms with Crippen LogP contribution >= 0.6 is 0 Å². The van der Waals surface area contributed by atoms with Crippen LogP contribution in [0.1, 0.15) is 28.9 Å². The number of pyridine rings is 1. The number of carbonyl (C=O) groups excluding carboxylic acids is 1. The molecule has 3 rings (SSSR count). The van der Waals surface area contributed by atoms with E-state index in [1.165, 1.54) is 28.6 Å². The molecule has 0 aliphatic carbocycles. The number of aromatic nitrogens is 1. The molecule has 26 heavy (non-hydrogen) atoms. The lowest BCUT2D eigenvalue weighted by atomic mass is 10.1. The molecular weight excluding hydrogens is 354 g/mol. The molecule has 1 aliphatic rings. The van der Waals surface area contributed by atoms with Crippen molar-refractivity contribution in [3.8, 4) is 0 Å². The van der Waals surface area contributed by atoms with Crippen molar-refractivity contribution in [1.82, 2.24) is 14.6 Å². The summed E-state index contributed by atoms with van der Waals surface area (Å²) in [6.45, 7) is 3.45. The Morgan fingerprint density at radius 2 is 2.08 bits per heavy atom. The number of benzene rings is 1. The number of hydrogen-bond acceptors (Lipinski definition) is 6. The van der Waals surface area contributed by atoms with Gasteiger partial charge in [-0.2, -0.15) is 4.31 Å². The first-order chi connectivity index (χ1) is 12.5. The lowest BCUT2D eigenvalue weighted by Gasteiger charge is -2.35. The molecule has 0 radical (unpaired) electrons. The number of nitrogens with zero attached hydrogens (tertiary/aromatic N) is 2. The molecule has 1 unspecified atom stereocenters. The van der Waals surface area contributed by atoms with Gasteiger partial charge in [-0.25, -0.2) is 13.2 Å². The lowest BCUT2D eigenvalue weighted by molar-refractivity contribution is 0.0526. The highest BCUT2D eigenvalue weighted by Gasteiger charge is 2.34. The summed E-state index contributed by atoms with van der Waals surface area (Å²) in [5.74, 6) is -0.466. The van der Waals surface area contributed by atoms with Crippen LogP contribution in [0.2, 0.25) is 0 Å². The molecule has 0 saturated carbocycles. The van der Waals surface area contributed by atoms with Gasteiger partial charge in [0.25, 0.3) is 0 Å². The summed E-state index contributed by atoms with van der Waals surface area (Å²) in [7, 11) is -3.70. The van der Waals surface area contributed by atoms with Crippen molar-refractivity contribution in [2.24, 2.45) is 0 Å². The zero-order valence-corrected chi connectivity index (χ0v) is 15.3. The molecule has 1 aliphatic heterocycles. The van der Waals surface area contributed by atoms with Gasteiger partial charge < -0.3 is 10.1 Å². The van der Waals surface area contributed by atoms with Crippen molar-refractivity contribution in [3.05, 3.63) is 59.9 Å². The van der Waals surface area contributed by atoms with E-state index in [1.807, 2.05) is 6.07 Å². The molecule has 0 bridgehead atoms. The van der Waals surface area contributed by atoms with Crippen LogP contribution in [-0.2, 0) is 14.8 Å². The first-order valence-corrected chi connectivity index (χ1v) is 9.87. The highest BCUT2D eigenvalue weighted by atomic mass is 32.2. The fraction of sp³-hybridized carbons (Fsp3) is 0.333. The molecule has 7 nitrogen and oxygen atoms in total. The Bertz CT molecular complexity index is 854. The van der Waals surface area contributed by atoms with Crippen molar-refractivity contribution < 1.29 is 17.9 Å². The first kappa shape index (κ1) is 18.5. The van der Waals surface area contributed by atoms with Crippen molar-refractivity contribution in [2.75, 3.05) is 26.2 Å². The average molecular weight is 375 g/mol. The molecule has 2 aromatic rings. The number of nitrogens with one attached hydrogen (secondary N) is 1. The van der Waals surface area contributed by atoms with Gasteiger partial charge >= 0.3 is 5.97 Å². The highest BCUT2D eigenvalue weighted by Crippen LogP contribution is 2.28. The van der Waals surface area contributed by atoms with Gasteiger partial charge in [0, 0.05) is 32.0 Å². The van der Waals surface area contributed by atoms with Gasteiger partial charge in [0.1, 0.15) is 0 Å². The van der Waals surface area contributed by atoms with Crippen LogP contribution in [0.15, 0.2) is 53.7 Å². The van der Waals surface area contributed by atoms with Gasteiger partial charge in [-0.3, -0.25) is 4.98 Å². The number of piperazine rings is 1. The molecule has 0 spiro atoms. The third-order valence-electron chi connectivity index (χ3n) is 4.24. The molecule has 1 saturated heterocycles. The Morgan fingerprint density at radius 1 is 1.31 bits per heavy atom. The Hall–Kier alpha value is -2.29. The molecule has 138 valence electrons. The Morgan fingerprint density at radius 3 is 2.73 bits per heavy atom. The van der Waals surface area contributed by atoms with E-state index in [-0.39, 0.29) is 17.5 Å². The van der Waals surface area contributed by atoms with E-state index in [2.05, 4.69) is 10.3 Å². The van der Waals surface area contributed by atoms with E-state index in [4.69, 9.17) is 4.74 Å². The summed E-state index contributed by atoms with van der Waals surface area (Å²) >= 11 is 0. The third kappa shape index (κ3) is 3.77. The van der Waals surface area contributed by atoms with Crippen molar-refractivity contribution >= 4 is 16.0 Å². The molecule has 8 heteroatoms. The average Bonchev–Trinajstić information content (AvgIpc) is 2.69. The normalized spacial score (nSPS) is 18.4. The zero-order valence-electron chi connectivity index (χ0n) is 14.5. The second-order valence-electron chi connectivity index (χ2n) is 5.87. The monoisotopic (exact) mass is 375 g/mol. The van der Waals surface area contributed by atoms with Crippen LogP contribution in [0.5, 0.6) is 0 Å². The van der Waals surface area contributed by atoms with E-state index in [0.717, 1.165) is 5.56 Å². The van der Waals surface area contributed by atoms with Crippen molar-refractivity contribution in [1.29, 1.82) is 0 Å². The minimum atomic E-state index is -3.70. The molecule has 1 atom stereocenters. The maximum absolute atomic E-state index is 13.1. The molecular formula is C18H21N3O4S. The van der Waals surface area contributed by atoms with Crippen LogP contribution in [0, 0.1) is 0 Å². The molecule has 0 amide bonds.